The summed E-state index contributed by atoms with van der Waals surface area (Å²) in [6.45, 7) is 8.55. The van der Waals surface area contributed by atoms with Crippen molar-refractivity contribution in [2.75, 3.05) is 38.0 Å². The zero-order valence-corrected chi connectivity index (χ0v) is 17.5. The molecule has 2 aromatic carbocycles. The molecular weight excluding hydrogens is 378 g/mol. The van der Waals surface area contributed by atoms with Gasteiger partial charge in [-0.2, -0.15) is 4.98 Å². The number of piperazine rings is 1. The molecule has 4 rings (SSSR count). The molecule has 2 heterocycles. The number of aromatic nitrogens is 2. The Morgan fingerprint density at radius 3 is 2.20 bits per heavy atom. The normalized spacial score (nSPS) is 15.3. The van der Waals surface area contributed by atoms with Crippen molar-refractivity contribution in [3.05, 3.63) is 65.5 Å². The second-order valence-electron chi connectivity index (χ2n) is 7.85. The van der Waals surface area contributed by atoms with E-state index in [2.05, 4.69) is 32.2 Å². The molecule has 1 saturated heterocycles. The van der Waals surface area contributed by atoms with Crippen molar-refractivity contribution < 1.29 is 9.32 Å². The van der Waals surface area contributed by atoms with Crippen LogP contribution < -0.4 is 5.32 Å². The van der Waals surface area contributed by atoms with Crippen LogP contribution >= 0.6 is 0 Å². The summed E-state index contributed by atoms with van der Waals surface area (Å²) < 4.78 is 5.42. The van der Waals surface area contributed by atoms with E-state index in [0.29, 0.717) is 24.8 Å². The maximum atomic E-state index is 12.3. The van der Waals surface area contributed by atoms with Crippen molar-refractivity contribution in [3.8, 4) is 11.5 Å². The molecule has 30 heavy (non-hydrogen) atoms. The minimum Gasteiger partial charge on any atom is -0.334 e. The Balaban J connectivity index is 1.23. The van der Waals surface area contributed by atoms with Gasteiger partial charge in [0.05, 0.1) is 13.1 Å². The Morgan fingerprint density at radius 2 is 1.53 bits per heavy atom. The molecule has 7 heteroatoms. The Labute approximate surface area is 176 Å². The van der Waals surface area contributed by atoms with E-state index in [4.69, 9.17) is 4.52 Å². The van der Waals surface area contributed by atoms with Crippen molar-refractivity contribution in [2.45, 2.75) is 20.4 Å². The van der Waals surface area contributed by atoms with E-state index in [1.165, 1.54) is 11.1 Å². The van der Waals surface area contributed by atoms with Crippen molar-refractivity contribution >= 4 is 11.6 Å². The highest BCUT2D eigenvalue weighted by molar-refractivity contribution is 5.92. The van der Waals surface area contributed by atoms with Crippen LogP contribution in [0.3, 0.4) is 0 Å². The van der Waals surface area contributed by atoms with E-state index in [0.717, 1.165) is 37.4 Å². The highest BCUT2D eigenvalue weighted by atomic mass is 16.5. The van der Waals surface area contributed by atoms with Gasteiger partial charge in [0.1, 0.15) is 0 Å². The third-order valence-electron chi connectivity index (χ3n) is 5.30. The fourth-order valence-electron chi connectivity index (χ4n) is 3.48. The number of nitrogens with one attached hydrogen (secondary N) is 1. The summed E-state index contributed by atoms with van der Waals surface area (Å²) in [5.74, 6) is 1.26. The molecule has 0 spiro atoms. The smallest absolute Gasteiger partial charge is 0.257 e. The summed E-state index contributed by atoms with van der Waals surface area (Å²) in [5, 5.41) is 7.09. The zero-order valence-electron chi connectivity index (χ0n) is 17.5. The SMILES string of the molecule is Cc1ccc(NC(=O)CN2CCN(Cc3noc(-c4ccc(C)cc4)n3)CC2)cc1. The van der Waals surface area contributed by atoms with Gasteiger partial charge >= 0.3 is 0 Å². The lowest BCUT2D eigenvalue weighted by atomic mass is 10.1. The first-order valence-electron chi connectivity index (χ1n) is 10.3. The van der Waals surface area contributed by atoms with Gasteiger partial charge in [0.25, 0.3) is 5.89 Å². The number of amides is 1. The third kappa shape index (κ3) is 5.31. The number of hydrogen-bond acceptors (Lipinski definition) is 6. The second kappa shape index (κ2) is 9.19. The van der Waals surface area contributed by atoms with Crippen LogP contribution in [0.25, 0.3) is 11.5 Å². The Morgan fingerprint density at radius 1 is 0.933 bits per heavy atom. The van der Waals surface area contributed by atoms with Crippen LogP contribution in [0.1, 0.15) is 17.0 Å². The molecule has 1 aliphatic heterocycles. The summed E-state index contributed by atoms with van der Waals surface area (Å²) >= 11 is 0. The van der Waals surface area contributed by atoms with Gasteiger partial charge in [0.15, 0.2) is 5.82 Å². The first-order valence-corrected chi connectivity index (χ1v) is 10.3. The maximum Gasteiger partial charge on any atom is 0.257 e. The monoisotopic (exact) mass is 405 g/mol. The standard InChI is InChI=1S/C23H27N5O2/c1-17-3-7-19(8-4-17)23-25-21(26-30-23)15-27-11-13-28(14-12-27)16-22(29)24-20-9-5-18(2)6-10-20/h3-10H,11-16H2,1-2H3,(H,24,29). The van der Waals surface area contributed by atoms with Crippen molar-refractivity contribution in [1.82, 2.24) is 19.9 Å². The van der Waals surface area contributed by atoms with Crippen LogP contribution in [0.2, 0.25) is 0 Å². The van der Waals surface area contributed by atoms with Crippen LogP contribution in [-0.2, 0) is 11.3 Å². The molecule has 156 valence electrons. The number of aryl methyl sites for hydroxylation is 2. The predicted octanol–water partition coefficient (Wildman–Crippen LogP) is 3.11. The first kappa shape index (κ1) is 20.3. The molecule has 1 amide bonds. The van der Waals surface area contributed by atoms with Crippen LogP contribution in [-0.4, -0.2) is 58.6 Å². The third-order valence-corrected chi connectivity index (χ3v) is 5.30. The predicted molar refractivity (Wildman–Crippen MR) is 116 cm³/mol. The molecule has 0 atom stereocenters. The summed E-state index contributed by atoms with van der Waals surface area (Å²) in [5.41, 5.74) is 4.15. The van der Waals surface area contributed by atoms with Gasteiger partial charge in [0, 0.05) is 37.4 Å². The number of benzene rings is 2. The average molecular weight is 406 g/mol. The molecule has 1 aromatic heterocycles. The number of hydrogen-bond donors (Lipinski definition) is 1. The summed E-state index contributed by atoms with van der Waals surface area (Å²) in [6.07, 6.45) is 0. The average Bonchev–Trinajstić information content (AvgIpc) is 3.20. The summed E-state index contributed by atoms with van der Waals surface area (Å²) in [6, 6.07) is 15.9. The largest absolute Gasteiger partial charge is 0.334 e. The van der Waals surface area contributed by atoms with Crippen molar-refractivity contribution in [2.24, 2.45) is 0 Å². The van der Waals surface area contributed by atoms with Crippen LogP contribution in [0.5, 0.6) is 0 Å². The van der Waals surface area contributed by atoms with Gasteiger partial charge < -0.3 is 9.84 Å². The van der Waals surface area contributed by atoms with E-state index < -0.39 is 0 Å². The molecule has 0 saturated carbocycles. The number of nitrogens with zero attached hydrogens (tertiary/aromatic N) is 4. The zero-order chi connectivity index (χ0) is 20.9. The topological polar surface area (TPSA) is 74.5 Å². The molecule has 1 aliphatic rings. The van der Waals surface area contributed by atoms with Gasteiger partial charge in [-0.05, 0) is 38.1 Å². The van der Waals surface area contributed by atoms with Crippen LogP contribution in [0.4, 0.5) is 5.69 Å². The maximum absolute atomic E-state index is 12.3. The fraction of sp³-hybridized carbons (Fsp3) is 0.348. The van der Waals surface area contributed by atoms with E-state index in [9.17, 15) is 4.79 Å². The molecule has 0 bridgehead atoms. The quantitative estimate of drug-likeness (QED) is 0.679. The molecule has 0 radical (unpaired) electrons. The van der Waals surface area contributed by atoms with E-state index >= 15 is 0 Å². The van der Waals surface area contributed by atoms with Crippen molar-refractivity contribution in [1.29, 1.82) is 0 Å². The molecule has 3 aromatic rings. The van der Waals surface area contributed by atoms with E-state index in [1.807, 2.05) is 55.5 Å². The minimum atomic E-state index is 0.0215. The van der Waals surface area contributed by atoms with Gasteiger partial charge in [-0.15, -0.1) is 0 Å². The van der Waals surface area contributed by atoms with Crippen molar-refractivity contribution in [3.63, 3.8) is 0 Å². The molecule has 0 aliphatic carbocycles. The number of rotatable bonds is 6. The summed E-state index contributed by atoms with van der Waals surface area (Å²) in [4.78, 5) is 21.3. The number of carbonyl (C=O) groups excluding carboxylic acids is 1. The molecule has 0 unspecified atom stereocenters. The van der Waals surface area contributed by atoms with E-state index in [-0.39, 0.29) is 5.91 Å². The number of anilines is 1. The Hall–Kier alpha value is -3.03. The lowest BCUT2D eigenvalue weighted by Gasteiger charge is -2.33. The lowest BCUT2D eigenvalue weighted by Crippen LogP contribution is -2.48. The Kier molecular flexibility index (Phi) is 6.21. The summed E-state index contributed by atoms with van der Waals surface area (Å²) in [7, 11) is 0. The second-order valence-corrected chi connectivity index (χ2v) is 7.85. The van der Waals surface area contributed by atoms with Crippen LogP contribution in [0, 0.1) is 13.8 Å². The molecule has 7 nitrogen and oxygen atoms in total. The molecular formula is C23H27N5O2. The lowest BCUT2D eigenvalue weighted by molar-refractivity contribution is -0.117. The van der Waals surface area contributed by atoms with Gasteiger partial charge in [-0.1, -0.05) is 40.5 Å². The number of carbonyl (C=O) groups is 1. The molecule has 1 fully saturated rings. The fourth-order valence-corrected chi connectivity index (χ4v) is 3.48. The molecule has 1 N–H and O–H groups in total. The van der Waals surface area contributed by atoms with Gasteiger partial charge in [-0.25, -0.2) is 0 Å². The Bertz CT molecular complexity index is 974. The van der Waals surface area contributed by atoms with E-state index in [1.54, 1.807) is 0 Å². The minimum absolute atomic E-state index is 0.0215. The highest BCUT2D eigenvalue weighted by Crippen LogP contribution is 2.18. The first-order chi connectivity index (χ1) is 14.5. The van der Waals surface area contributed by atoms with Gasteiger partial charge in [0.2, 0.25) is 5.91 Å². The highest BCUT2D eigenvalue weighted by Gasteiger charge is 2.21. The van der Waals surface area contributed by atoms with Crippen LogP contribution in [0.15, 0.2) is 53.1 Å². The van der Waals surface area contributed by atoms with Gasteiger partial charge in [-0.3, -0.25) is 14.6 Å².